The van der Waals surface area contributed by atoms with Crippen LogP contribution in [0.25, 0.3) is 6.08 Å². The van der Waals surface area contributed by atoms with Crippen LogP contribution in [0.3, 0.4) is 0 Å². The molecule has 0 fully saturated rings. The van der Waals surface area contributed by atoms with Gasteiger partial charge in [-0.25, -0.2) is 9.79 Å². The standard InChI is InChI=1S/C25H20N2O5S/c1-15(28)26-19-8-6-17(7-9-19)24-27-20(25(30)32-24)13-16-5-10-22(31-2)18(12-16)14-21(29)23-4-3-11-33-23/h3-13H,14H2,1-2H3,(H,26,28). The van der Waals surface area contributed by atoms with Gasteiger partial charge in [-0.05, 0) is 59.5 Å². The van der Waals surface area contributed by atoms with Crippen molar-refractivity contribution in [3.63, 3.8) is 0 Å². The van der Waals surface area contributed by atoms with Crippen LogP contribution in [0.1, 0.15) is 33.3 Å². The monoisotopic (exact) mass is 460 g/mol. The van der Waals surface area contributed by atoms with Crippen molar-refractivity contribution in [2.75, 3.05) is 12.4 Å². The van der Waals surface area contributed by atoms with Crippen LogP contribution in [-0.2, 0) is 20.7 Å². The van der Waals surface area contributed by atoms with Crippen molar-refractivity contribution in [1.29, 1.82) is 0 Å². The van der Waals surface area contributed by atoms with Crippen molar-refractivity contribution in [3.05, 3.63) is 87.2 Å². The normalized spacial score (nSPS) is 14.1. The molecule has 1 aliphatic rings. The Kier molecular flexibility index (Phi) is 6.46. The molecule has 0 unspecified atom stereocenters. The number of nitrogens with one attached hydrogen (secondary N) is 1. The molecule has 1 N–H and O–H groups in total. The number of cyclic esters (lactones) is 1. The summed E-state index contributed by atoms with van der Waals surface area (Å²) < 4.78 is 10.7. The van der Waals surface area contributed by atoms with E-state index in [4.69, 9.17) is 9.47 Å². The van der Waals surface area contributed by atoms with Gasteiger partial charge in [0, 0.05) is 30.2 Å². The van der Waals surface area contributed by atoms with E-state index >= 15 is 0 Å². The highest BCUT2D eigenvalue weighted by molar-refractivity contribution is 7.12. The Hall–Kier alpha value is -4.04. The fraction of sp³-hybridized carbons (Fsp3) is 0.120. The lowest BCUT2D eigenvalue weighted by molar-refractivity contribution is -0.129. The van der Waals surface area contributed by atoms with Gasteiger partial charge in [-0.3, -0.25) is 9.59 Å². The van der Waals surface area contributed by atoms with Crippen LogP contribution in [0.5, 0.6) is 5.75 Å². The Labute approximate surface area is 194 Å². The second-order valence-electron chi connectivity index (χ2n) is 7.24. The number of thiophene rings is 1. The van der Waals surface area contributed by atoms with Crippen molar-refractivity contribution in [3.8, 4) is 5.75 Å². The summed E-state index contributed by atoms with van der Waals surface area (Å²) in [7, 11) is 1.55. The molecule has 3 aromatic rings. The number of esters is 1. The van der Waals surface area contributed by atoms with Crippen LogP contribution >= 0.6 is 11.3 Å². The third kappa shape index (κ3) is 5.24. The van der Waals surface area contributed by atoms with Crippen molar-refractivity contribution < 1.29 is 23.9 Å². The van der Waals surface area contributed by atoms with Crippen LogP contribution in [0.2, 0.25) is 0 Å². The maximum atomic E-state index is 12.6. The first-order valence-electron chi connectivity index (χ1n) is 10.1. The highest BCUT2D eigenvalue weighted by Gasteiger charge is 2.24. The molecule has 4 rings (SSSR count). The highest BCUT2D eigenvalue weighted by Crippen LogP contribution is 2.26. The lowest BCUT2D eigenvalue weighted by Crippen LogP contribution is -2.07. The predicted octanol–water partition coefficient (Wildman–Crippen LogP) is 4.49. The third-order valence-corrected chi connectivity index (χ3v) is 5.74. The summed E-state index contributed by atoms with van der Waals surface area (Å²) in [6.45, 7) is 1.43. The van der Waals surface area contributed by atoms with Gasteiger partial charge in [0.1, 0.15) is 5.75 Å². The maximum Gasteiger partial charge on any atom is 0.363 e. The fourth-order valence-electron chi connectivity index (χ4n) is 3.31. The molecule has 33 heavy (non-hydrogen) atoms. The Balaban J connectivity index is 1.57. The number of nitrogens with zero attached hydrogens (tertiary/aromatic N) is 1. The number of aliphatic imine (C=N–C) groups is 1. The number of hydrogen-bond acceptors (Lipinski definition) is 7. The van der Waals surface area contributed by atoms with Crippen LogP contribution in [0.15, 0.2) is 70.7 Å². The number of methoxy groups -OCH3 is 1. The SMILES string of the molecule is COc1ccc(C=C2N=C(c3ccc(NC(C)=O)cc3)OC2=O)cc1CC(=O)c1cccs1. The minimum Gasteiger partial charge on any atom is -0.496 e. The summed E-state index contributed by atoms with van der Waals surface area (Å²) in [5.74, 6) is 0.0367. The minimum atomic E-state index is -0.567. The molecule has 2 aromatic carbocycles. The van der Waals surface area contributed by atoms with E-state index in [-0.39, 0.29) is 29.7 Å². The van der Waals surface area contributed by atoms with E-state index in [9.17, 15) is 14.4 Å². The number of anilines is 1. The second kappa shape index (κ2) is 9.62. The molecule has 0 bridgehead atoms. The molecule has 0 saturated heterocycles. The first-order chi connectivity index (χ1) is 15.9. The summed E-state index contributed by atoms with van der Waals surface area (Å²) in [6.07, 6.45) is 1.79. The zero-order chi connectivity index (χ0) is 23.4. The summed E-state index contributed by atoms with van der Waals surface area (Å²) in [6, 6.07) is 15.8. The maximum absolute atomic E-state index is 12.6. The molecule has 1 amide bonds. The zero-order valence-corrected chi connectivity index (χ0v) is 18.8. The van der Waals surface area contributed by atoms with Crippen molar-refractivity contribution in [2.24, 2.45) is 4.99 Å². The highest BCUT2D eigenvalue weighted by atomic mass is 32.1. The number of rotatable bonds is 7. The van der Waals surface area contributed by atoms with Gasteiger partial charge in [0.2, 0.25) is 11.8 Å². The Bertz CT molecular complexity index is 1270. The molecule has 0 aliphatic carbocycles. The molecule has 0 atom stereocenters. The number of hydrogen-bond donors (Lipinski definition) is 1. The molecule has 1 aliphatic heterocycles. The van der Waals surface area contributed by atoms with Gasteiger partial charge in [-0.1, -0.05) is 12.1 Å². The average Bonchev–Trinajstić information content (AvgIpc) is 3.45. The number of ketones is 1. The van der Waals surface area contributed by atoms with Crippen LogP contribution in [0, 0.1) is 0 Å². The summed E-state index contributed by atoms with van der Waals surface area (Å²) in [4.78, 5) is 41.1. The van der Waals surface area contributed by atoms with Gasteiger partial charge in [-0.2, -0.15) is 0 Å². The van der Waals surface area contributed by atoms with E-state index in [1.807, 2.05) is 11.4 Å². The van der Waals surface area contributed by atoms with E-state index in [1.165, 1.54) is 18.3 Å². The van der Waals surface area contributed by atoms with E-state index in [2.05, 4.69) is 10.3 Å². The number of Topliss-reactive ketones (excluding diaryl/α,β-unsaturated/α-hetero) is 1. The van der Waals surface area contributed by atoms with Crippen molar-refractivity contribution in [2.45, 2.75) is 13.3 Å². The first-order valence-corrected chi connectivity index (χ1v) is 10.9. The molecule has 7 nitrogen and oxygen atoms in total. The topological polar surface area (TPSA) is 94.1 Å². The average molecular weight is 461 g/mol. The van der Waals surface area contributed by atoms with Gasteiger partial charge in [0.15, 0.2) is 11.5 Å². The molecule has 8 heteroatoms. The van der Waals surface area contributed by atoms with E-state index in [0.29, 0.717) is 27.4 Å². The molecule has 0 radical (unpaired) electrons. The number of carbonyl (C=O) groups is 3. The first kappa shape index (κ1) is 22.2. The summed E-state index contributed by atoms with van der Waals surface area (Å²) in [5, 5.41) is 4.54. The smallest absolute Gasteiger partial charge is 0.363 e. The van der Waals surface area contributed by atoms with E-state index in [0.717, 1.165) is 5.56 Å². The summed E-state index contributed by atoms with van der Waals surface area (Å²) >= 11 is 1.39. The lowest BCUT2D eigenvalue weighted by atomic mass is 10.0. The molecule has 2 heterocycles. The third-order valence-electron chi connectivity index (χ3n) is 4.83. The molecule has 0 spiro atoms. The van der Waals surface area contributed by atoms with Crippen LogP contribution in [-0.4, -0.2) is 30.7 Å². The van der Waals surface area contributed by atoms with Gasteiger partial charge in [0.25, 0.3) is 0 Å². The number of benzene rings is 2. The Morgan fingerprint density at radius 2 is 1.94 bits per heavy atom. The molecule has 166 valence electrons. The van der Waals surface area contributed by atoms with Gasteiger partial charge >= 0.3 is 5.97 Å². The second-order valence-corrected chi connectivity index (χ2v) is 8.19. The zero-order valence-electron chi connectivity index (χ0n) is 18.0. The van der Waals surface area contributed by atoms with Gasteiger partial charge < -0.3 is 14.8 Å². The fourth-order valence-corrected chi connectivity index (χ4v) is 3.98. The number of ether oxygens (including phenoxy) is 2. The van der Waals surface area contributed by atoms with Gasteiger partial charge in [0.05, 0.1) is 12.0 Å². The lowest BCUT2D eigenvalue weighted by Gasteiger charge is -2.08. The quantitative estimate of drug-likeness (QED) is 0.319. The van der Waals surface area contributed by atoms with E-state index in [1.54, 1.807) is 61.7 Å². The molecular weight excluding hydrogens is 440 g/mol. The molecule has 1 aromatic heterocycles. The number of amides is 1. The van der Waals surface area contributed by atoms with Crippen LogP contribution < -0.4 is 10.1 Å². The van der Waals surface area contributed by atoms with Crippen molar-refractivity contribution >= 4 is 46.7 Å². The van der Waals surface area contributed by atoms with Crippen molar-refractivity contribution in [1.82, 2.24) is 0 Å². The van der Waals surface area contributed by atoms with Crippen LogP contribution in [0.4, 0.5) is 5.69 Å². The molecule has 0 saturated carbocycles. The van der Waals surface area contributed by atoms with E-state index < -0.39 is 5.97 Å². The minimum absolute atomic E-state index is 0.00334. The Morgan fingerprint density at radius 1 is 1.15 bits per heavy atom. The Morgan fingerprint density at radius 3 is 2.61 bits per heavy atom. The van der Waals surface area contributed by atoms with Gasteiger partial charge in [-0.15, -0.1) is 11.3 Å². The summed E-state index contributed by atoms with van der Waals surface area (Å²) in [5.41, 5.74) is 2.81. The molecular formula is C25H20N2O5S. The largest absolute Gasteiger partial charge is 0.496 e. The number of carbonyl (C=O) groups excluding carboxylic acids is 3. The predicted molar refractivity (Wildman–Crippen MR) is 127 cm³/mol.